The smallest absolute Gasteiger partial charge is 0.256 e. The van der Waals surface area contributed by atoms with Crippen molar-refractivity contribution in [1.29, 1.82) is 0 Å². The molecule has 19 heavy (non-hydrogen) atoms. The van der Waals surface area contributed by atoms with Crippen LogP contribution in [-0.2, 0) is 0 Å². The number of benzene rings is 1. The highest BCUT2D eigenvalue weighted by molar-refractivity contribution is 9.11. The molecule has 0 aliphatic heterocycles. The number of carbonyl (C=O) groups excluding carboxylic acids is 1. The normalized spacial score (nSPS) is 10.3. The van der Waals surface area contributed by atoms with Crippen LogP contribution in [0.3, 0.4) is 0 Å². The molecular formula is C11H5Br2ClFN3O. The van der Waals surface area contributed by atoms with Gasteiger partial charge in [0, 0.05) is 5.56 Å². The number of hydrogen-bond acceptors (Lipinski definition) is 3. The van der Waals surface area contributed by atoms with E-state index in [1.54, 1.807) is 0 Å². The summed E-state index contributed by atoms with van der Waals surface area (Å²) in [5.41, 5.74) is 0.138. The lowest BCUT2D eigenvalue weighted by Crippen LogP contribution is -2.14. The van der Waals surface area contributed by atoms with Gasteiger partial charge in [0.25, 0.3) is 5.91 Å². The molecule has 0 fully saturated rings. The summed E-state index contributed by atoms with van der Waals surface area (Å²) >= 11 is 11.9. The Morgan fingerprint density at radius 3 is 2.74 bits per heavy atom. The monoisotopic (exact) mass is 407 g/mol. The Kier molecular flexibility index (Phi) is 4.49. The number of amides is 1. The third-order valence-corrected chi connectivity index (χ3v) is 3.36. The number of anilines is 1. The van der Waals surface area contributed by atoms with Crippen LogP contribution in [0.15, 0.2) is 33.6 Å². The number of aromatic nitrogens is 2. The van der Waals surface area contributed by atoms with Gasteiger partial charge in [0.15, 0.2) is 5.82 Å². The lowest BCUT2D eigenvalue weighted by molar-refractivity contribution is 0.102. The summed E-state index contributed by atoms with van der Waals surface area (Å²) in [4.78, 5) is 19.9. The predicted molar refractivity (Wildman–Crippen MR) is 76.8 cm³/mol. The SMILES string of the molecule is O=C(Nc1ncc(Br)nc1Br)c1ccc(Cl)c(F)c1. The summed E-state index contributed by atoms with van der Waals surface area (Å²) in [5, 5.41) is 2.47. The van der Waals surface area contributed by atoms with Crippen LogP contribution >= 0.6 is 43.5 Å². The maximum Gasteiger partial charge on any atom is 0.256 e. The number of rotatable bonds is 2. The van der Waals surface area contributed by atoms with E-state index in [2.05, 4.69) is 47.1 Å². The molecule has 0 aliphatic carbocycles. The van der Waals surface area contributed by atoms with Gasteiger partial charge < -0.3 is 5.32 Å². The highest BCUT2D eigenvalue weighted by atomic mass is 79.9. The Morgan fingerprint density at radius 1 is 1.37 bits per heavy atom. The summed E-state index contributed by atoms with van der Waals surface area (Å²) in [6.45, 7) is 0. The van der Waals surface area contributed by atoms with Crippen LogP contribution in [0, 0.1) is 5.82 Å². The second-order valence-corrected chi connectivity index (χ2v) is 5.39. The zero-order valence-electron chi connectivity index (χ0n) is 9.12. The highest BCUT2D eigenvalue weighted by Crippen LogP contribution is 2.21. The first-order chi connectivity index (χ1) is 8.97. The minimum Gasteiger partial charge on any atom is -0.304 e. The molecule has 98 valence electrons. The first kappa shape index (κ1) is 14.4. The fourth-order valence-electron chi connectivity index (χ4n) is 1.25. The Morgan fingerprint density at radius 2 is 2.11 bits per heavy atom. The molecule has 1 aromatic heterocycles. The summed E-state index contributed by atoms with van der Waals surface area (Å²) in [6.07, 6.45) is 1.43. The van der Waals surface area contributed by atoms with Gasteiger partial charge >= 0.3 is 0 Å². The Labute approximate surface area is 129 Å². The van der Waals surface area contributed by atoms with Crippen molar-refractivity contribution < 1.29 is 9.18 Å². The Bertz CT molecular complexity index is 654. The average Bonchev–Trinajstić information content (AvgIpc) is 2.36. The van der Waals surface area contributed by atoms with Crippen molar-refractivity contribution in [2.24, 2.45) is 0 Å². The summed E-state index contributed by atoms with van der Waals surface area (Å²) < 4.78 is 14.1. The number of halogens is 4. The molecule has 0 unspecified atom stereocenters. The van der Waals surface area contributed by atoms with E-state index in [-0.39, 0.29) is 16.4 Å². The van der Waals surface area contributed by atoms with E-state index >= 15 is 0 Å². The van der Waals surface area contributed by atoms with E-state index in [4.69, 9.17) is 11.6 Å². The van der Waals surface area contributed by atoms with Crippen LogP contribution < -0.4 is 5.32 Å². The fraction of sp³-hybridized carbons (Fsp3) is 0. The summed E-state index contributed by atoms with van der Waals surface area (Å²) in [5.74, 6) is -0.924. The zero-order valence-corrected chi connectivity index (χ0v) is 13.1. The van der Waals surface area contributed by atoms with Gasteiger partial charge in [0.05, 0.1) is 11.2 Å². The van der Waals surface area contributed by atoms with E-state index < -0.39 is 11.7 Å². The fourth-order valence-corrected chi connectivity index (χ4v) is 2.28. The van der Waals surface area contributed by atoms with Crippen LogP contribution in [0.25, 0.3) is 0 Å². The minimum atomic E-state index is -0.657. The molecule has 0 bridgehead atoms. The molecule has 0 spiro atoms. The standard InChI is InChI=1S/C11H5Br2ClFN3O/c12-8-4-16-10(9(13)17-8)18-11(19)5-1-2-6(14)7(15)3-5/h1-4H,(H,16,18,19). The molecule has 0 saturated heterocycles. The van der Waals surface area contributed by atoms with Gasteiger partial charge in [-0.15, -0.1) is 0 Å². The quantitative estimate of drug-likeness (QED) is 0.814. The molecule has 4 nitrogen and oxygen atoms in total. The lowest BCUT2D eigenvalue weighted by atomic mass is 10.2. The van der Waals surface area contributed by atoms with Crippen LogP contribution in [0.5, 0.6) is 0 Å². The van der Waals surface area contributed by atoms with Crippen LogP contribution in [0.2, 0.25) is 5.02 Å². The maximum absolute atomic E-state index is 13.3. The van der Waals surface area contributed by atoms with Gasteiger partial charge in [-0.3, -0.25) is 4.79 Å². The number of hydrogen-bond donors (Lipinski definition) is 1. The van der Waals surface area contributed by atoms with E-state index in [0.29, 0.717) is 9.21 Å². The maximum atomic E-state index is 13.3. The molecule has 2 aromatic rings. The van der Waals surface area contributed by atoms with Crippen LogP contribution in [0.4, 0.5) is 10.2 Å². The molecule has 0 saturated carbocycles. The van der Waals surface area contributed by atoms with Crippen molar-refractivity contribution in [3.63, 3.8) is 0 Å². The second-order valence-electron chi connectivity index (χ2n) is 3.42. The van der Waals surface area contributed by atoms with Gasteiger partial charge in [-0.25, -0.2) is 14.4 Å². The van der Waals surface area contributed by atoms with Crippen molar-refractivity contribution in [1.82, 2.24) is 9.97 Å². The van der Waals surface area contributed by atoms with Gasteiger partial charge in [-0.2, -0.15) is 0 Å². The Hall–Kier alpha value is -1.05. The van der Waals surface area contributed by atoms with Crippen molar-refractivity contribution >= 4 is 55.2 Å². The molecule has 1 heterocycles. The van der Waals surface area contributed by atoms with Crippen molar-refractivity contribution in [3.05, 3.63) is 50.0 Å². The highest BCUT2D eigenvalue weighted by Gasteiger charge is 2.12. The first-order valence-corrected chi connectivity index (χ1v) is 6.88. The summed E-state index contributed by atoms with van der Waals surface area (Å²) in [6, 6.07) is 3.78. The predicted octanol–water partition coefficient (Wildman–Crippen LogP) is 4.05. The number of nitrogens with zero attached hydrogens (tertiary/aromatic N) is 2. The molecule has 1 amide bonds. The minimum absolute atomic E-state index is 0.0406. The average molecular weight is 409 g/mol. The summed E-state index contributed by atoms with van der Waals surface area (Å²) in [7, 11) is 0. The number of carbonyl (C=O) groups is 1. The second kappa shape index (κ2) is 5.94. The van der Waals surface area contributed by atoms with Crippen molar-refractivity contribution in [2.45, 2.75) is 0 Å². The third kappa shape index (κ3) is 3.49. The van der Waals surface area contributed by atoms with E-state index in [9.17, 15) is 9.18 Å². The topological polar surface area (TPSA) is 54.9 Å². The lowest BCUT2D eigenvalue weighted by Gasteiger charge is -2.06. The number of nitrogens with one attached hydrogen (secondary N) is 1. The molecule has 0 atom stereocenters. The molecular weight excluding hydrogens is 404 g/mol. The van der Waals surface area contributed by atoms with Gasteiger partial charge in [0.2, 0.25) is 0 Å². The Balaban J connectivity index is 2.23. The molecule has 2 rings (SSSR count). The largest absolute Gasteiger partial charge is 0.304 e. The van der Waals surface area contributed by atoms with Crippen LogP contribution in [0.1, 0.15) is 10.4 Å². The van der Waals surface area contributed by atoms with Gasteiger partial charge in [-0.1, -0.05) is 11.6 Å². The molecule has 1 aromatic carbocycles. The van der Waals surface area contributed by atoms with E-state index in [1.807, 2.05) is 0 Å². The van der Waals surface area contributed by atoms with Gasteiger partial charge in [-0.05, 0) is 50.1 Å². The third-order valence-electron chi connectivity index (χ3n) is 2.11. The van der Waals surface area contributed by atoms with Crippen LogP contribution in [-0.4, -0.2) is 15.9 Å². The van der Waals surface area contributed by atoms with Crippen molar-refractivity contribution in [3.8, 4) is 0 Å². The molecule has 8 heteroatoms. The van der Waals surface area contributed by atoms with Gasteiger partial charge in [0.1, 0.15) is 15.0 Å². The zero-order chi connectivity index (χ0) is 14.0. The van der Waals surface area contributed by atoms with Crippen molar-refractivity contribution in [2.75, 3.05) is 5.32 Å². The molecule has 0 aliphatic rings. The van der Waals surface area contributed by atoms with E-state index in [0.717, 1.165) is 6.07 Å². The molecule has 0 radical (unpaired) electrons. The first-order valence-electron chi connectivity index (χ1n) is 4.92. The van der Waals surface area contributed by atoms with E-state index in [1.165, 1.54) is 18.3 Å². The molecule has 1 N–H and O–H groups in total.